The van der Waals surface area contributed by atoms with Gasteiger partial charge in [0.1, 0.15) is 11.6 Å². The van der Waals surface area contributed by atoms with E-state index in [9.17, 15) is 0 Å². The fourth-order valence-electron chi connectivity index (χ4n) is 1.78. The van der Waals surface area contributed by atoms with E-state index in [0.29, 0.717) is 22.6 Å². The topological polar surface area (TPSA) is 95.4 Å². The molecule has 0 aliphatic rings. The Balaban J connectivity index is 1.86. The van der Waals surface area contributed by atoms with Crippen molar-refractivity contribution < 1.29 is 0 Å². The van der Waals surface area contributed by atoms with Crippen LogP contribution in [-0.2, 0) is 12.8 Å². The maximum absolute atomic E-state index is 5.92. The highest BCUT2D eigenvalue weighted by Crippen LogP contribution is 2.21. The van der Waals surface area contributed by atoms with Crippen molar-refractivity contribution in [2.24, 2.45) is 7.05 Å². The first-order valence-electron chi connectivity index (χ1n) is 6.00. The Morgan fingerprint density at radius 2 is 2.15 bits per heavy atom. The molecule has 0 spiro atoms. The van der Waals surface area contributed by atoms with Crippen LogP contribution in [0, 0.1) is 6.92 Å². The van der Waals surface area contributed by atoms with E-state index in [1.165, 1.54) is 11.8 Å². The van der Waals surface area contributed by atoms with Gasteiger partial charge < -0.3 is 5.73 Å². The zero-order chi connectivity index (χ0) is 14.1. The van der Waals surface area contributed by atoms with Gasteiger partial charge in [0, 0.05) is 18.9 Å². The lowest BCUT2D eigenvalue weighted by Crippen LogP contribution is -2.02. The van der Waals surface area contributed by atoms with Gasteiger partial charge in [0.05, 0.1) is 17.3 Å². The number of aromatic nitrogens is 6. The third-order valence-electron chi connectivity index (χ3n) is 2.77. The SMILES string of the molecule is Cc1ccnc(SCc2nc(N)c3cnn(C)c3n2)n1. The summed E-state index contributed by atoms with van der Waals surface area (Å²) in [4.78, 5) is 17.3. The van der Waals surface area contributed by atoms with Crippen LogP contribution in [0.15, 0.2) is 23.6 Å². The number of aryl methyl sites for hydroxylation is 2. The van der Waals surface area contributed by atoms with Gasteiger partial charge in [-0.3, -0.25) is 4.68 Å². The normalized spacial score (nSPS) is 11.1. The van der Waals surface area contributed by atoms with Crippen molar-refractivity contribution in [2.45, 2.75) is 17.8 Å². The molecule has 0 aliphatic carbocycles. The highest BCUT2D eigenvalue weighted by atomic mass is 32.2. The standard InChI is InChI=1S/C12H13N7S/c1-7-3-4-14-12(16-7)20-6-9-17-10(13)8-5-15-19(2)11(8)18-9/h3-5H,6H2,1-2H3,(H2,13,17,18). The molecule has 0 fully saturated rings. The quantitative estimate of drug-likeness (QED) is 0.573. The first-order valence-corrected chi connectivity index (χ1v) is 6.98. The van der Waals surface area contributed by atoms with E-state index in [0.717, 1.165) is 16.7 Å². The Hall–Kier alpha value is -2.22. The molecule has 0 bridgehead atoms. The van der Waals surface area contributed by atoms with Gasteiger partial charge in [0.25, 0.3) is 0 Å². The second kappa shape index (κ2) is 5.04. The summed E-state index contributed by atoms with van der Waals surface area (Å²) in [7, 11) is 1.83. The summed E-state index contributed by atoms with van der Waals surface area (Å²) in [6.45, 7) is 1.93. The molecular formula is C12H13N7S. The number of nitrogen functional groups attached to an aromatic ring is 1. The van der Waals surface area contributed by atoms with Crippen LogP contribution >= 0.6 is 11.8 Å². The van der Waals surface area contributed by atoms with Crippen LogP contribution in [0.1, 0.15) is 11.5 Å². The number of hydrogen-bond acceptors (Lipinski definition) is 7. The molecule has 3 rings (SSSR count). The Labute approximate surface area is 119 Å². The van der Waals surface area contributed by atoms with Crippen LogP contribution in [0.3, 0.4) is 0 Å². The van der Waals surface area contributed by atoms with Crippen LogP contribution in [0.2, 0.25) is 0 Å². The molecule has 0 saturated carbocycles. The van der Waals surface area contributed by atoms with Gasteiger partial charge in [-0.05, 0) is 13.0 Å². The highest BCUT2D eigenvalue weighted by Gasteiger charge is 2.10. The average Bonchev–Trinajstić information content (AvgIpc) is 2.79. The lowest BCUT2D eigenvalue weighted by Gasteiger charge is -2.03. The van der Waals surface area contributed by atoms with Crippen LogP contribution in [-0.4, -0.2) is 29.7 Å². The number of thioether (sulfide) groups is 1. The first-order chi connectivity index (χ1) is 9.63. The summed E-state index contributed by atoms with van der Waals surface area (Å²) >= 11 is 1.48. The molecule has 0 aromatic carbocycles. The molecule has 3 heterocycles. The van der Waals surface area contributed by atoms with Gasteiger partial charge in [-0.1, -0.05) is 11.8 Å². The Morgan fingerprint density at radius 3 is 2.95 bits per heavy atom. The number of rotatable bonds is 3. The Bertz CT molecular complexity index is 768. The summed E-state index contributed by atoms with van der Waals surface area (Å²) in [5.74, 6) is 1.66. The number of anilines is 1. The minimum atomic E-state index is 0.448. The smallest absolute Gasteiger partial charge is 0.188 e. The predicted octanol–water partition coefficient (Wildman–Crippen LogP) is 1.34. The minimum Gasteiger partial charge on any atom is -0.383 e. The molecule has 0 amide bonds. The number of nitrogens with two attached hydrogens (primary N) is 1. The average molecular weight is 287 g/mol. The maximum atomic E-state index is 5.92. The van der Waals surface area contributed by atoms with E-state index in [1.807, 2.05) is 20.0 Å². The highest BCUT2D eigenvalue weighted by molar-refractivity contribution is 7.98. The van der Waals surface area contributed by atoms with Crippen molar-refractivity contribution in [2.75, 3.05) is 5.73 Å². The van der Waals surface area contributed by atoms with Gasteiger partial charge in [0.15, 0.2) is 10.8 Å². The summed E-state index contributed by atoms with van der Waals surface area (Å²) in [6, 6.07) is 1.86. The van der Waals surface area contributed by atoms with Crippen LogP contribution in [0.4, 0.5) is 5.82 Å². The largest absolute Gasteiger partial charge is 0.383 e. The summed E-state index contributed by atoms with van der Waals surface area (Å²) < 4.78 is 1.69. The zero-order valence-corrected chi connectivity index (χ0v) is 11.9. The first kappa shape index (κ1) is 12.8. The van der Waals surface area contributed by atoms with E-state index in [2.05, 4.69) is 25.0 Å². The van der Waals surface area contributed by atoms with E-state index in [4.69, 9.17) is 5.73 Å². The third kappa shape index (κ3) is 2.42. The van der Waals surface area contributed by atoms with Crippen LogP contribution in [0.5, 0.6) is 0 Å². The van der Waals surface area contributed by atoms with Gasteiger partial charge in [0.2, 0.25) is 0 Å². The van der Waals surface area contributed by atoms with Gasteiger partial charge in [-0.25, -0.2) is 19.9 Å². The molecule has 0 unspecified atom stereocenters. The molecule has 7 nitrogen and oxygen atoms in total. The fourth-order valence-corrected chi connectivity index (χ4v) is 2.51. The molecular weight excluding hydrogens is 274 g/mol. The van der Waals surface area contributed by atoms with E-state index < -0.39 is 0 Å². The zero-order valence-electron chi connectivity index (χ0n) is 11.1. The number of hydrogen-bond donors (Lipinski definition) is 1. The van der Waals surface area contributed by atoms with E-state index in [1.54, 1.807) is 17.1 Å². The molecule has 3 aromatic heterocycles. The molecule has 8 heteroatoms. The van der Waals surface area contributed by atoms with E-state index >= 15 is 0 Å². The molecule has 2 N–H and O–H groups in total. The minimum absolute atomic E-state index is 0.448. The molecule has 0 radical (unpaired) electrons. The van der Waals surface area contributed by atoms with Crippen molar-refractivity contribution in [3.05, 3.63) is 30.0 Å². The van der Waals surface area contributed by atoms with Crippen LogP contribution in [0.25, 0.3) is 11.0 Å². The van der Waals surface area contributed by atoms with Gasteiger partial charge in [-0.2, -0.15) is 5.10 Å². The Morgan fingerprint density at radius 1 is 1.30 bits per heavy atom. The second-order valence-corrected chi connectivity index (χ2v) is 5.24. The summed E-state index contributed by atoms with van der Waals surface area (Å²) in [5.41, 5.74) is 7.59. The summed E-state index contributed by atoms with van der Waals surface area (Å²) in [6.07, 6.45) is 3.41. The second-order valence-electron chi connectivity index (χ2n) is 4.30. The lowest BCUT2D eigenvalue weighted by molar-refractivity contribution is 0.782. The molecule has 3 aromatic rings. The monoisotopic (exact) mass is 287 g/mol. The van der Waals surface area contributed by atoms with Crippen molar-refractivity contribution in [3.8, 4) is 0 Å². The van der Waals surface area contributed by atoms with Crippen molar-refractivity contribution in [3.63, 3.8) is 0 Å². The lowest BCUT2D eigenvalue weighted by atomic mass is 10.4. The van der Waals surface area contributed by atoms with Crippen molar-refractivity contribution in [1.29, 1.82) is 0 Å². The fraction of sp³-hybridized carbons (Fsp3) is 0.250. The molecule has 0 aliphatic heterocycles. The van der Waals surface area contributed by atoms with Crippen molar-refractivity contribution in [1.82, 2.24) is 29.7 Å². The maximum Gasteiger partial charge on any atom is 0.188 e. The van der Waals surface area contributed by atoms with Gasteiger partial charge in [-0.15, -0.1) is 0 Å². The predicted molar refractivity (Wildman–Crippen MR) is 77.0 cm³/mol. The van der Waals surface area contributed by atoms with Crippen molar-refractivity contribution >= 4 is 28.6 Å². The molecule has 102 valence electrons. The molecule has 0 saturated heterocycles. The number of fused-ring (bicyclic) bond motifs is 1. The molecule has 20 heavy (non-hydrogen) atoms. The van der Waals surface area contributed by atoms with E-state index in [-0.39, 0.29) is 0 Å². The molecule has 0 atom stereocenters. The van der Waals surface area contributed by atoms with Crippen LogP contribution < -0.4 is 5.73 Å². The summed E-state index contributed by atoms with van der Waals surface area (Å²) in [5, 5.41) is 5.61. The number of nitrogens with zero attached hydrogens (tertiary/aromatic N) is 6. The Kier molecular flexibility index (Phi) is 3.23. The third-order valence-corrected chi connectivity index (χ3v) is 3.63. The van der Waals surface area contributed by atoms with Gasteiger partial charge >= 0.3 is 0 Å².